The number of rotatable bonds is 6. The fourth-order valence-corrected chi connectivity index (χ4v) is 2.45. The highest BCUT2D eigenvalue weighted by Gasteiger charge is 2.44. The number of urea groups is 1. The lowest BCUT2D eigenvalue weighted by molar-refractivity contribution is -0.111. The summed E-state index contributed by atoms with van der Waals surface area (Å²) >= 11 is 0. The zero-order chi connectivity index (χ0) is 16.2. The van der Waals surface area contributed by atoms with Gasteiger partial charge in [0.1, 0.15) is 5.82 Å². The van der Waals surface area contributed by atoms with Crippen molar-refractivity contribution in [2.24, 2.45) is 5.92 Å². The molecule has 1 fully saturated rings. The van der Waals surface area contributed by atoms with Crippen LogP contribution in [0, 0.1) is 11.7 Å². The van der Waals surface area contributed by atoms with E-state index in [-0.39, 0.29) is 37.5 Å². The van der Waals surface area contributed by atoms with Crippen molar-refractivity contribution in [2.75, 3.05) is 6.54 Å². The lowest BCUT2D eigenvalue weighted by Crippen LogP contribution is -2.40. The van der Waals surface area contributed by atoms with Crippen LogP contribution in [0.3, 0.4) is 0 Å². The molecule has 1 aromatic carbocycles. The predicted octanol–water partition coefficient (Wildman–Crippen LogP) is 2.55. The number of benzene rings is 1. The van der Waals surface area contributed by atoms with Gasteiger partial charge in [-0.25, -0.2) is 18.0 Å². The van der Waals surface area contributed by atoms with Crippen molar-refractivity contribution in [1.29, 1.82) is 0 Å². The summed E-state index contributed by atoms with van der Waals surface area (Å²) in [5.74, 6) is -3.08. The topological polar surface area (TPSA) is 61.4 Å². The Balaban J connectivity index is 1.64. The molecule has 2 rings (SSSR count). The van der Waals surface area contributed by atoms with Gasteiger partial charge in [0, 0.05) is 31.5 Å². The SMILES string of the molecule is O=C(NCCC1CC(F)(F)C1)NCc1ccc(CO)c(F)c1. The first kappa shape index (κ1) is 16.6. The first-order chi connectivity index (χ1) is 10.4. The van der Waals surface area contributed by atoms with Gasteiger partial charge in [0.2, 0.25) is 5.92 Å². The van der Waals surface area contributed by atoms with Crippen molar-refractivity contribution in [2.45, 2.75) is 38.3 Å². The van der Waals surface area contributed by atoms with Crippen molar-refractivity contribution in [3.63, 3.8) is 0 Å². The lowest BCUT2D eigenvalue weighted by atomic mass is 9.79. The predicted molar refractivity (Wildman–Crippen MR) is 74.8 cm³/mol. The smallest absolute Gasteiger partial charge is 0.315 e. The Morgan fingerprint density at radius 2 is 2.05 bits per heavy atom. The number of aliphatic hydroxyl groups is 1. The van der Waals surface area contributed by atoms with Gasteiger partial charge < -0.3 is 15.7 Å². The van der Waals surface area contributed by atoms with E-state index in [1.54, 1.807) is 6.07 Å². The third-order valence-electron chi connectivity index (χ3n) is 3.75. The molecule has 2 amide bonds. The molecule has 22 heavy (non-hydrogen) atoms. The number of halogens is 3. The van der Waals surface area contributed by atoms with Crippen LogP contribution in [0.25, 0.3) is 0 Å². The Morgan fingerprint density at radius 1 is 1.32 bits per heavy atom. The number of carbonyl (C=O) groups excluding carboxylic acids is 1. The van der Waals surface area contributed by atoms with Gasteiger partial charge in [-0.3, -0.25) is 0 Å². The van der Waals surface area contributed by atoms with E-state index < -0.39 is 17.8 Å². The average molecular weight is 316 g/mol. The molecule has 3 N–H and O–H groups in total. The van der Waals surface area contributed by atoms with Crippen LogP contribution >= 0.6 is 0 Å². The van der Waals surface area contributed by atoms with Crippen LogP contribution in [0.2, 0.25) is 0 Å². The Bertz CT molecular complexity index is 530. The second kappa shape index (κ2) is 7.00. The Kier molecular flexibility index (Phi) is 5.28. The molecule has 7 heteroatoms. The van der Waals surface area contributed by atoms with Gasteiger partial charge in [-0.1, -0.05) is 12.1 Å². The molecule has 122 valence electrons. The molecular weight excluding hydrogens is 297 g/mol. The van der Waals surface area contributed by atoms with Gasteiger partial charge in [0.15, 0.2) is 0 Å². The highest BCUT2D eigenvalue weighted by molar-refractivity contribution is 5.73. The maximum atomic E-state index is 13.4. The summed E-state index contributed by atoms with van der Waals surface area (Å²) < 4.78 is 38.7. The third-order valence-corrected chi connectivity index (χ3v) is 3.75. The number of alkyl halides is 2. The van der Waals surface area contributed by atoms with Gasteiger partial charge in [0.25, 0.3) is 0 Å². The van der Waals surface area contributed by atoms with Crippen LogP contribution in [0.1, 0.15) is 30.4 Å². The van der Waals surface area contributed by atoms with Crippen LogP contribution in [-0.4, -0.2) is 23.6 Å². The minimum absolute atomic E-state index is 0.0320. The van der Waals surface area contributed by atoms with Crippen molar-refractivity contribution < 1.29 is 23.1 Å². The second-order valence-corrected chi connectivity index (χ2v) is 5.61. The molecule has 4 nitrogen and oxygen atoms in total. The summed E-state index contributed by atoms with van der Waals surface area (Å²) in [5, 5.41) is 14.0. The molecule has 1 aliphatic carbocycles. The highest BCUT2D eigenvalue weighted by atomic mass is 19.3. The fraction of sp³-hybridized carbons (Fsp3) is 0.533. The van der Waals surface area contributed by atoms with Crippen molar-refractivity contribution in [3.05, 3.63) is 35.1 Å². The zero-order valence-corrected chi connectivity index (χ0v) is 12.0. The number of hydrogen-bond acceptors (Lipinski definition) is 2. The molecule has 0 aromatic heterocycles. The number of hydrogen-bond donors (Lipinski definition) is 3. The Morgan fingerprint density at radius 3 is 2.64 bits per heavy atom. The van der Waals surface area contributed by atoms with Crippen LogP contribution in [0.15, 0.2) is 18.2 Å². The zero-order valence-electron chi connectivity index (χ0n) is 12.0. The molecule has 1 aromatic rings. The van der Waals surface area contributed by atoms with Crippen molar-refractivity contribution >= 4 is 6.03 Å². The summed E-state index contributed by atoms with van der Waals surface area (Å²) in [4.78, 5) is 11.5. The number of aliphatic hydroxyl groups excluding tert-OH is 1. The minimum Gasteiger partial charge on any atom is -0.392 e. The molecule has 1 aliphatic rings. The third kappa shape index (κ3) is 4.62. The van der Waals surface area contributed by atoms with Gasteiger partial charge in [-0.2, -0.15) is 0 Å². The Hall–Kier alpha value is -1.76. The molecular formula is C15H19F3N2O2. The first-order valence-electron chi connectivity index (χ1n) is 7.17. The molecule has 0 heterocycles. The molecule has 0 saturated heterocycles. The van der Waals surface area contributed by atoms with Crippen LogP contribution in [-0.2, 0) is 13.2 Å². The van der Waals surface area contributed by atoms with Gasteiger partial charge >= 0.3 is 6.03 Å². The molecule has 1 saturated carbocycles. The monoisotopic (exact) mass is 316 g/mol. The van der Waals surface area contributed by atoms with E-state index in [0.717, 1.165) is 0 Å². The first-order valence-corrected chi connectivity index (χ1v) is 7.17. The Labute approximate surface area is 126 Å². The van der Waals surface area contributed by atoms with Gasteiger partial charge in [-0.05, 0) is 24.0 Å². The van der Waals surface area contributed by atoms with E-state index >= 15 is 0 Å². The summed E-state index contributed by atoms with van der Waals surface area (Å²) in [7, 11) is 0. The number of nitrogens with one attached hydrogen (secondary N) is 2. The maximum absolute atomic E-state index is 13.4. The van der Waals surface area contributed by atoms with Crippen molar-refractivity contribution in [1.82, 2.24) is 10.6 Å². The molecule has 0 radical (unpaired) electrons. The minimum atomic E-state index is -2.53. The van der Waals surface area contributed by atoms with Gasteiger partial charge in [-0.15, -0.1) is 0 Å². The highest BCUT2D eigenvalue weighted by Crippen LogP contribution is 2.43. The summed E-state index contributed by atoms with van der Waals surface area (Å²) in [5.41, 5.74) is 0.772. The van der Waals surface area contributed by atoms with E-state index in [1.807, 2.05) is 0 Å². The average Bonchev–Trinajstić information content (AvgIpc) is 2.43. The molecule has 0 aliphatic heterocycles. The van der Waals surface area contributed by atoms with Crippen molar-refractivity contribution in [3.8, 4) is 0 Å². The van der Waals surface area contributed by atoms with Gasteiger partial charge in [0.05, 0.1) is 6.61 Å². The maximum Gasteiger partial charge on any atom is 0.315 e. The largest absolute Gasteiger partial charge is 0.392 e. The normalized spacial score (nSPS) is 16.9. The summed E-state index contributed by atoms with van der Waals surface area (Å²) in [6.45, 7) is 0.112. The van der Waals surface area contributed by atoms with E-state index in [4.69, 9.17) is 5.11 Å². The van der Waals surface area contributed by atoms with E-state index in [9.17, 15) is 18.0 Å². The fourth-order valence-electron chi connectivity index (χ4n) is 2.45. The van der Waals surface area contributed by atoms with Crippen LogP contribution in [0.5, 0.6) is 0 Å². The van der Waals surface area contributed by atoms with E-state index in [1.165, 1.54) is 12.1 Å². The summed E-state index contributed by atoms with van der Waals surface area (Å²) in [6.07, 6.45) is 0.322. The number of amides is 2. The van der Waals surface area contributed by atoms with E-state index in [0.29, 0.717) is 18.5 Å². The summed E-state index contributed by atoms with van der Waals surface area (Å²) in [6, 6.07) is 3.91. The van der Waals surface area contributed by atoms with Crippen LogP contribution < -0.4 is 10.6 Å². The molecule has 0 spiro atoms. The lowest BCUT2D eigenvalue weighted by Gasteiger charge is -2.34. The quantitative estimate of drug-likeness (QED) is 0.755. The van der Waals surface area contributed by atoms with Crippen LogP contribution in [0.4, 0.5) is 18.0 Å². The standard InChI is InChI=1S/C15H19F3N2O2/c16-13-5-10(1-2-12(13)9-21)8-20-14(22)19-4-3-11-6-15(17,18)7-11/h1-2,5,11,21H,3-4,6-9H2,(H2,19,20,22). The molecule has 0 unspecified atom stereocenters. The molecule has 0 bridgehead atoms. The second-order valence-electron chi connectivity index (χ2n) is 5.61. The number of carbonyl (C=O) groups is 1. The molecule has 0 atom stereocenters. The van der Waals surface area contributed by atoms with E-state index in [2.05, 4.69) is 10.6 Å².